The van der Waals surface area contributed by atoms with Crippen LogP contribution in [0.5, 0.6) is 5.75 Å². The topological polar surface area (TPSA) is 44.8 Å². The Morgan fingerprint density at radius 1 is 1.11 bits per heavy atom. The van der Waals surface area contributed by atoms with Gasteiger partial charge in [0, 0.05) is 25.7 Å². The summed E-state index contributed by atoms with van der Waals surface area (Å²) < 4.78 is 28.6. The van der Waals surface area contributed by atoms with Crippen molar-refractivity contribution >= 4 is 5.91 Å². The first-order chi connectivity index (χ1) is 13.1. The molecular weight excluding hydrogens is 352 g/mol. The number of carbonyl (C=O) groups excluding carboxylic acids is 1. The van der Waals surface area contributed by atoms with Gasteiger partial charge in [0.25, 0.3) is 0 Å². The molecule has 2 aliphatic heterocycles. The Bertz CT molecular complexity index is 583. The minimum atomic E-state index is -2.81. The minimum absolute atomic E-state index is 0.0484. The molecule has 0 saturated carbocycles. The average Bonchev–Trinajstić information content (AvgIpc) is 3.18. The molecule has 2 fully saturated rings. The maximum Gasteiger partial charge on any atom is 0.387 e. The summed E-state index contributed by atoms with van der Waals surface area (Å²) in [4.78, 5) is 17.0. The van der Waals surface area contributed by atoms with E-state index >= 15 is 0 Å². The fraction of sp³-hybridized carbons (Fsp3) is 0.650. The van der Waals surface area contributed by atoms with Crippen molar-refractivity contribution in [1.82, 2.24) is 15.1 Å². The molecule has 7 heteroatoms. The highest BCUT2D eigenvalue weighted by molar-refractivity contribution is 5.78. The van der Waals surface area contributed by atoms with Gasteiger partial charge in [0.1, 0.15) is 5.75 Å². The van der Waals surface area contributed by atoms with Gasteiger partial charge >= 0.3 is 6.61 Å². The number of benzene rings is 1. The summed E-state index contributed by atoms with van der Waals surface area (Å²) in [5, 5.41) is 2.95. The number of hydrogen-bond donors (Lipinski definition) is 1. The van der Waals surface area contributed by atoms with Gasteiger partial charge in [-0.25, -0.2) is 0 Å². The first-order valence-corrected chi connectivity index (χ1v) is 9.87. The molecule has 150 valence electrons. The van der Waals surface area contributed by atoms with Crippen LogP contribution in [0.25, 0.3) is 0 Å². The van der Waals surface area contributed by atoms with E-state index in [1.165, 1.54) is 38.1 Å². The van der Waals surface area contributed by atoms with Crippen LogP contribution in [0.2, 0.25) is 0 Å². The van der Waals surface area contributed by atoms with Gasteiger partial charge in [-0.1, -0.05) is 12.1 Å². The number of amides is 1. The molecule has 2 heterocycles. The number of alkyl halides is 2. The fourth-order valence-electron chi connectivity index (χ4n) is 3.99. The van der Waals surface area contributed by atoms with Gasteiger partial charge in [0.15, 0.2) is 0 Å². The van der Waals surface area contributed by atoms with E-state index in [1.807, 2.05) is 0 Å². The molecule has 27 heavy (non-hydrogen) atoms. The maximum absolute atomic E-state index is 12.1. The Morgan fingerprint density at radius 2 is 1.78 bits per heavy atom. The molecule has 3 rings (SSSR count). The molecule has 1 amide bonds. The fourth-order valence-corrected chi connectivity index (χ4v) is 3.99. The van der Waals surface area contributed by atoms with Gasteiger partial charge in [-0.3, -0.25) is 9.69 Å². The number of halogens is 2. The average molecular weight is 381 g/mol. The third kappa shape index (κ3) is 6.43. The number of likely N-dealkylation sites (tertiary alicyclic amines) is 2. The summed E-state index contributed by atoms with van der Waals surface area (Å²) in [7, 11) is 0. The van der Waals surface area contributed by atoms with Gasteiger partial charge in [-0.2, -0.15) is 8.78 Å². The molecule has 0 bridgehead atoms. The van der Waals surface area contributed by atoms with Crippen LogP contribution in [-0.2, 0) is 11.2 Å². The molecule has 1 N–H and O–H groups in total. The third-order valence-corrected chi connectivity index (χ3v) is 5.47. The van der Waals surface area contributed by atoms with Crippen LogP contribution < -0.4 is 10.1 Å². The standard InChI is InChI=1S/C20H29F2N3O2/c21-20(22)27-18-5-3-16(4-6-18)7-10-23-19(26)15-24-13-8-17(9-14-24)25-11-1-2-12-25/h3-6,17,20H,1-2,7-15H2,(H,23,26). The van der Waals surface area contributed by atoms with Gasteiger partial charge in [0.2, 0.25) is 5.91 Å². The van der Waals surface area contributed by atoms with Gasteiger partial charge in [-0.15, -0.1) is 0 Å². The van der Waals surface area contributed by atoms with E-state index in [2.05, 4.69) is 19.9 Å². The van der Waals surface area contributed by atoms with Crippen molar-refractivity contribution in [3.63, 3.8) is 0 Å². The number of hydrogen-bond acceptors (Lipinski definition) is 4. The SMILES string of the molecule is O=C(CN1CCC(N2CCCC2)CC1)NCCc1ccc(OC(F)F)cc1. The van der Waals surface area contributed by atoms with Gasteiger partial charge in [0.05, 0.1) is 6.54 Å². The predicted molar refractivity (Wildman–Crippen MR) is 100 cm³/mol. The Kier molecular flexibility index (Phi) is 7.41. The highest BCUT2D eigenvalue weighted by atomic mass is 19.3. The zero-order valence-electron chi connectivity index (χ0n) is 15.7. The lowest BCUT2D eigenvalue weighted by Gasteiger charge is -2.36. The van der Waals surface area contributed by atoms with Crippen LogP contribution in [0, 0.1) is 0 Å². The van der Waals surface area contributed by atoms with E-state index in [1.54, 1.807) is 12.1 Å². The monoisotopic (exact) mass is 381 g/mol. The Hall–Kier alpha value is -1.73. The molecule has 0 unspecified atom stereocenters. The van der Waals surface area contributed by atoms with Crippen LogP contribution in [0.3, 0.4) is 0 Å². The molecular formula is C20H29F2N3O2. The number of piperidine rings is 1. The lowest BCUT2D eigenvalue weighted by atomic mass is 10.0. The molecule has 5 nitrogen and oxygen atoms in total. The van der Waals surface area contributed by atoms with Crippen LogP contribution >= 0.6 is 0 Å². The van der Waals surface area contributed by atoms with Crippen molar-refractivity contribution in [2.75, 3.05) is 39.3 Å². The zero-order chi connectivity index (χ0) is 19.1. The second kappa shape index (κ2) is 9.99. The summed E-state index contributed by atoms with van der Waals surface area (Å²) in [6.45, 7) is 2.63. The summed E-state index contributed by atoms with van der Waals surface area (Å²) in [5.41, 5.74) is 0.975. The summed E-state index contributed by atoms with van der Waals surface area (Å²) in [6, 6.07) is 7.23. The number of carbonyl (C=O) groups is 1. The molecule has 0 radical (unpaired) electrons. The molecule has 0 aliphatic carbocycles. The Balaban J connectivity index is 1.30. The molecule has 1 aromatic carbocycles. The minimum Gasteiger partial charge on any atom is -0.435 e. The summed E-state index contributed by atoms with van der Waals surface area (Å²) in [5.74, 6) is 0.197. The maximum atomic E-state index is 12.1. The molecule has 0 atom stereocenters. The van der Waals surface area contributed by atoms with Crippen LogP contribution in [0.15, 0.2) is 24.3 Å². The number of nitrogens with one attached hydrogen (secondary N) is 1. The Labute approximate surface area is 159 Å². The van der Waals surface area contributed by atoms with Crippen molar-refractivity contribution in [1.29, 1.82) is 0 Å². The molecule has 0 aromatic heterocycles. The molecule has 1 aromatic rings. The smallest absolute Gasteiger partial charge is 0.387 e. The largest absolute Gasteiger partial charge is 0.435 e. The van der Waals surface area contributed by atoms with Crippen molar-refractivity contribution < 1.29 is 18.3 Å². The normalized spacial score (nSPS) is 19.5. The quantitative estimate of drug-likeness (QED) is 0.752. The first-order valence-electron chi connectivity index (χ1n) is 9.87. The van der Waals surface area contributed by atoms with E-state index in [0.29, 0.717) is 25.6 Å². The first kappa shape index (κ1) is 20.0. The van der Waals surface area contributed by atoms with E-state index in [4.69, 9.17) is 0 Å². The highest BCUT2D eigenvalue weighted by Gasteiger charge is 2.26. The van der Waals surface area contributed by atoms with E-state index in [9.17, 15) is 13.6 Å². The van der Waals surface area contributed by atoms with Gasteiger partial charge in [-0.05, 0) is 62.9 Å². The van der Waals surface area contributed by atoms with Crippen molar-refractivity contribution in [3.8, 4) is 5.75 Å². The predicted octanol–water partition coefficient (Wildman–Crippen LogP) is 2.51. The third-order valence-electron chi connectivity index (χ3n) is 5.47. The number of rotatable bonds is 8. The van der Waals surface area contributed by atoms with E-state index < -0.39 is 6.61 Å². The van der Waals surface area contributed by atoms with Crippen molar-refractivity contribution in [3.05, 3.63) is 29.8 Å². The lowest BCUT2D eigenvalue weighted by Crippen LogP contribution is -2.47. The summed E-state index contributed by atoms with van der Waals surface area (Å²) in [6.07, 6.45) is 5.62. The molecule has 2 aliphatic rings. The number of nitrogens with zero attached hydrogens (tertiary/aromatic N) is 2. The van der Waals surface area contributed by atoms with Crippen LogP contribution in [-0.4, -0.2) is 67.6 Å². The van der Waals surface area contributed by atoms with E-state index in [0.717, 1.165) is 31.5 Å². The van der Waals surface area contributed by atoms with Crippen LogP contribution in [0.4, 0.5) is 8.78 Å². The second-order valence-electron chi connectivity index (χ2n) is 7.37. The Morgan fingerprint density at radius 3 is 2.41 bits per heavy atom. The van der Waals surface area contributed by atoms with Crippen molar-refractivity contribution in [2.45, 2.75) is 44.8 Å². The molecule has 0 spiro atoms. The summed E-state index contributed by atoms with van der Waals surface area (Å²) >= 11 is 0. The van der Waals surface area contributed by atoms with Crippen LogP contribution in [0.1, 0.15) is 31.2 Å². The lowest BCUT2D eigenvalue weighted by molar-refractivity contribution is -0.122. The molecule has 2 saturated heterocycles. The van der Waals surface area contributed by atoms with Crippen molar-refractivity contribution in [2.24, 2.45) is 0 Å². The zero-order valence-corrected chi connectivity index (χ0v) is 15.7. The second-order valence-corrected chi connectivity index (χ2v) is 7.37. The van der Waals surface area contributed by atoms with Gasteiger partial charge < -0.3 is 15.0 Å². The number of ether oxygens (including phenoxy) is 1. The highest BCUT2D eigenvalue weighted by Crippen LogP contribution is 2.20. The van der Waals surface area contributed by atoms with E-state index in [-0.39, 0.29) is 11.7 Å².